The van der Waals surface area contributed by atoms with Crippen LogP contribution in [0.25, 0.3) is 0 Å². The molecule has 0 N–H and O–H groups in total. The number of nitrogens with zero attached hydrogens (tertiary/aromatic N) is 1. The molecule has 0 fully saturated rings. The van der Waals surface area contributed by atoms with Crippen LogP contribution in [-0.4, -0.2) is 6.08 Å². The number of hydrogen-bond acceptors (Lipinski definition) is 2. The summed E-state index contributed by atoms with van der Waals surface area (Å²) in [5.74, 6) is 0. The fourth-order valence-electron chi connectivity index (χ4n) is 1.03. The summed E-state index contributed by atoms with van der Waals surface area (Å²) in [6, 6.07) is 2.41. The Hall–Kier alpha value is -1.54. The molecule has 0 aliphatic rings. The molecule has 0 spiro atoms. The van der Waals surface area contributed by atoms with Gasteiger partial charge in [0.2, 0.25) is 6.08 Å². The van der Waals surface area contributed by atoms with Gasteiger partial charge in [-0.3, -0.25) is 0 Å². The van der Waals surface area contributed by atoms with Gasteiger partial charge in [0.05, 0.1) is 0 Å². The van der Waals surface area contributed by atoms with Crippen molar-refractivity contribution in [3.05, 3.63) is 35.4 Å². The van der Waals surface area contributed by atoms with Crippen molar-refractivity contribution in [2.75, 3.05) is 0 Å². The Kier molecular flexibility index (Phi) is 2.54. The summed E-state index contributed by atoms with van der Waals surface area (Å²) in [6.45, 7) is 1.53. The Morgan fingerprint density at radius 2 is 2.00 bits per heavy atom. The van der Waals surface area contributed by atoms with Gasteiger partial charge in [0.15, 0.2) is 0 Å². The summed E-state index contributed by atoms with van der Waals surface area (Å²) >= 11 is 0. The minimum Gasteiger partial charge on any atom is -0.211 e. The molecular weight excluding hydrogens is 176 g/mol. The maximum Gasteiger partial charge on any atom is 0.379 e. The second-order valence-corrected chi connectivity index (χ2v) is 2.56. The minimum atomic E-state index is -3.47. The molecule has 0 aromatic heterocycles. The van der Waals surface area contributed by atoms with Gasteiger partial charge in [0, 0.05) is 5.56 Å². The Bertz CT molecular complexity index is 356. The molecule has 0 unspecified atom stereocenters. The summed E-state index contributed by atoms with van der Waals surface area (Å²) in [5, 5.41) is 0. The number of rotatable bonds is 2. The van der Waals surface area contributed by atoms with Crippen LogP contribution in [0.5, 0.6) is 0 Å². The van der Waals surface area contributed by atoms with Gasteiger partial charge < -0.3 is 0 Å². The van der Waals surface area contributed by atoms with Crippen molar-refractivity contribution in [2.24, 2.45) is 4.99 Å². The monoisotopic (exact) mass is 183 g/mol. The van der Waals surface area contributed by atoms with Gasteiger partial charge in [-0.1, -0.05) is 24.3 Å². The number of isocyanates is 1. The van der Waals surface area contributed by atoms with Gasteiger partial charge in [-0.2, -0.15) is 8.78 Å². The predicted molar refractivity (Wildman–Crippen MR) is 43.2 cm³/mol. The van der Waals surface area contributed by atoms with Gasteiger partial charge in [-0.15, -0.1) is 4.99 Å². The van der Waals surface area contributed by atoms with Crippen molar-refractivity contribution in [3.63, 3.8) is 0 Å². The molecule has 0 aliphatic carbocycles. The molecule has 0 saturated heterocycles. The summed E-state index contributed by atoms with van der Waals surface area (Å²) in [6.07, 6.45) is 0.859. The quantitative estimate of drug-likeness (QED) is 0.393. The van der Waals surface area contributed by atoms with E-state index in [1.54, 1.807) is 6.07 Å². The van der Waals surface area contributed by atoms with Crippen molar-refractivity contribution in [2.45, 2.75) is 13.0 Å². The van der Waals surface area contributed by atoms with Crippen molar-refractivity contribution in [3.8, 4) is 0 Å². The fraction of sp³-hybridized carbons (Fsp3) is 0.222. The molecule has 1 aromatic rings. The Balaban J connectivity index is 3.21. The molecule has 0 radical (unpaired) electrons. The normalized spacial score (nSPS) is 10.7. The van der Waals surface area contributed by atoms with E-state index in [9.17, 15) is 13.6 Å². The maximum absolute atomic E-state index is 13.0. The molecule has 2 nitrogen and oxygen atoms in total. The third-order valence-corrected chi connectivity index (χ3v) is 1.66. The van der Waals surface area contributed by atoms with E-state index in [0.29, 0.717) is 5.56 Å². The lowest BCUT2D eigenvalue weighted by Gasteiger charge is -2.11. The second kappa shape index (κ2) is 3.46. The average Bonchev–Trinajstić information content (AvgIpc) is 2.04. The van der Waals surface area contributed by atoms with Gasteiger partial charge in [-0.25, -0.2) is 4.79 Å². The first kappa shape index (κ1) is 9.55. The zero-order valence-corrected chi connectivity index (χ0v) is 6.92. The van der Waals surface area contributed by atoms with Crippen LogP contribution in [-0.2, 0) is 10.8 Å². The molecule has 0 amide bonds. The van der Waals surface area contributed by atoms with Crippen LogP contribution in [0.4, 0.5) is 8.78 Å². The van der Waals surface area contributed by atoms with Crippen LogP contribution < -0.4 is 0 Å². The molecule has 1 aromatic carbocycles. The SMILES string of the molecule is Cc1ccccc1C(F)(F)N=C=O. The molecule has 0 bridgehead atoms. The third-order valence-electron chi connectivity index (χ3n) is 1.66. The summed E-state index contributed by atoms with van der Waals surface area (Å²) in [5.41, 5.74) is 0.129. The van der Waals surface area contributed by atoms with E-state index in [4.69, 9.17) is 0 Å². The Morgan fingerprint density at radius 3 is 2.54 bits per heavy atom. The molecule has 4 heteroatoms. The van der Waals surface area contributed by atoms with E-state index in [0.717, 1.165) is 6.08 Å². The van der Waals surface area contributed by atoms with Gasteiger partial charge >= 0.3 is 6.05 Å². The molecule has 13 heavy (non-hydrogen) atoms. The molecule has 0 saturated carbocycles. The maximum atomic E-state index is 13.0. The molecule has 0 aliphatic heterocycles. The first-order valence-corrected chi connectivity index (χ1v) is 3.61. The number of halogens is 2. The van der Waals surface area contributed by atoms with Crippen molar-refractivity contribution in [1.29, 1.82) is 0 Å². The second-order valence-electron chi connectivity index (χ2n) is 2.56. The number of alkyl halides is 2. The van der Waals surface area contributed by atoms with Crippen LogP contribution in [0.3, 0.4) is 0 Å². The summed E-state index contributed by atoms with van der Waals surface area (Å²) in [4.78, 5) is 12.2. The first-order chi connectivity index (χ1) is 6.08. The molecular formula is C9H7F2NO. The highest BCUT2D eigenvalue weighted by molar-refractivity contribution is 5.37. The number of aliphatic imine (C=N–C) groups is 1. The minimum absolute atomic E-state index is 0.265. The highest BCUT2D eigenvalue weighted by Gasteiger charge is 2.32. The van der Waals surface area contributed by atoms with E-state index in [1.807, 2.05) is 0 Å². The van der Waals surface area contributed by atoms with Crippen LogP contribution in [0, 0.1) is 6.92 Å². The average molecular weight is 183 g/mol. The van der Waals surface area contributed by atoms with Crippen molar-refractivity contribution in [1.82, 2.24) is 0 Å². The molecule has 0 atom stereocenters. The van der Waals surface area contributed by atoms with E-state index in [-0.39, 0.29) is 5.56 Å². The van der Waals surface area contributed by atoms with Crippen LogP contribution in [0.1, 0.15) is 11.1 Å². The van der Waals surface area contributed by atoms with E-state index < -0.39 is 6.05 Å². The lowest BCUT2D eigenvalue weighted by Crippen LogP contribution is -2.10. The largest absolute Gasteiger partial charge is 0.379 e. The van der Waals surface area contributed by atoms with Crippen LogP contribution in [0.15, 0.2) is 29.3 Å². The van der Waals surface area contributed by atoms with Crippen molar-refractivity contribution < 1.29 is 13.6 Å². The first-order valence-electron chi connectivity index (χ1n) is 3.61. The van der Waals surface area contributed by atoms with Gasteiger partial charge in [0.1, 0.15) is 0 Å². The number of carbonyl (C=O) groups excluding carboxylic acids is 1. The highest BCUT2D eigenvalue weighted by atomic mass is 19.3. The molecule has 68 valence electrons. The van der Waals surface area contributed by atoms with Crippen LogP contribution in [0.2, 0.25) is 0 Å². The predicted octanol–water partition coefficient (Wildman–Crippen LogP) is 2.38. The van der Waals surface area contributed by atoms with Gasteiger partial charge in [-0.05, 0) is 12.5 Å². The molecule has 0 heterocycles. The Labute approximate surface area is 73.9 Å². The van der Waals surface area contributed by atoms with E-state index in [1.165, 1.54) is 25.1 Å². The summed E-state index contributed by atoms with van der Waals surface area (Å²) in [7, 11) is 0. The van der Waals surface area contributed by atoms with E-state index in [2.05, 4.69) is 4.99 Å². The number of hydrogen-bond donors (Lipinski definition) is 0. The highest BCUT2D eigenvalue weighted by Crippen LogP contribution is 2.30. The number of benzene rings is 1. The lowest BCUT2D eigenvalue weighted by atomic mass is 10.1. The number of aryl methyl sites for hydroxylation is 1. The zero-order valence-electron chi connectivity index (χ0n) is 6.92. The van der Waals surface area contributed by atoms with Gasteiger partial charge in [0.25, 0.3) is 0 Å². The topological polar surface area (TPSA) is 29.4 Å². The Morgan fingerprint density at radius 1 is 1.38 bits per heavy atom. The van der Waals surface area contributed by atoms with E-state index >= 15 is 0 Å². The molecule has 1 rings (SSSR count). The summed E-state index contributed by atoms with van der Waals surface area (Å²) < 4.78 is 26.0. The fourth-order valence-corrected chi connectivity index (χ4v) is 1.03. The third kappa shape index (κ3) is 1.98. The van der Waals surface area contributed by atoms with Crippen LogP contribution >= 0.6 is 0 Å². The lowest BCUT2D eigenvalue weighted by molar-refractivity contribution is 0.00555. The smallest absolute Gasteiger partial charge is 0.211 e. The zero-order chi connectivity index (χ0) is 9.90. The standard InChI is InChI=1S/C9H7F2NO/c1-7-4-2-3-5-8(7)9(10,11)12-6-13/h2-5H,1H3. The van der Waals surface area contributed by atoms with Crippen molar-refractivity contribution >= 4 is 6.08 Å².